The highest BCUT2D eigenvalue weighted by Crippen LogP contribution is 2.14. The van der Waals surface area contributed by atoms with Crippen LogP contribution in [0.5, 0.6) is 0 Å². The molecule has 0 N–H and O–H groups in total. The molecule has 0 fully saturated rings. The van der Waals surface area contributed by atoms with E-state index in [0.29, 0.717) is 10.9 Å². The van der Waals surface area contributed by atoms with Gasteiger partial charge in [-0.15, -0.1) is 0 Å². The summed E-state index contributed by atoms with van der Waals surface area (Å²) in [5, 5.41) is 0.600. The van der Waals surface area contributed by atoms with Gasteiger partial charge in [0.05, 0.1) is 0 Å². The molecule has 1 aliphatic heterocycles. The minimum atomic E-state index is -0.324. The molecule has 66 valence electrons. The van der Waals surface area contributed by atoms with Crippen LogP contribution in [0.2, 0.25) is 5.02 Å². The van der Waals surface area contributed by atoms with E-state index in [0.717, 1.165) is 5.56 Å². The first kappa shape index (κ1) is 8.26. The first-order chi connectivity index (χ1) is 6.25. The van der Waals surface area contributed by atoms with Gasteiger partial charge in [0.25, 0.3) is 0 Å². The summed E-state index contributed by atoms with van der Waals surface area (Å²) in [6.45, 7) is 0.0991. The van der Waals surface area contributed by atoms with Crippen LogP contribution < -0.4 is 0 Å². The summed E-state index contributed by atoms with van der Waals surface area (Å²) >= 11 is 5.76. The quantitative estimate of drug-likeness (QED) is 0.639. The molecule has 0 aromatic heterocycles. The third kappa shape index (κ3) is 1.70. The maximum atomic E-state index is 10.7. The number of halogens is 1. The molecule has 0 radical (unpaired) electrons. The summed E-state index contributed by atoms with van der Waals surface area (Å²) in [5.74, 6) is 0.0301. The molecule has 13 heavy (non-hydrogen) atoms. The summed E-state index contributed by atoms with van der Waals surface area (Å²) in [7, 11) is 0. The van der Waals surface area contributed by atoms with Crippen LogP contribution >= 0.6 is 11.6 Å². The van der Waals surface area contributed by atoms with E-state index in [1.807, 2.05) is 0 Å². The van der Waals surface area contributed by atoms with Gasteiger partial charge in [-0.3, -0.25) is 0 Å². The van der Waals surface area contributed by atoms with Crippen molar-refractivity contribution >= 4 is 23.5 Å². The van der Waals surface area contributed by atoms with E-state index in [2.05, 4.69) is 4.99 Å². The fourth-order valence-electron chi connectivity index (χ4n) is 1.08. The molecular formula is C9H6ClNO2. The molecule has 0 saturated heterocycles. The number of hydrogen-bond acceptors (Lipinski definition) is 3. The van der Waals surface area contributed by atoms with Gasteiger partial charge in [-0.2, -0.15) is 0 Å². The molecule has 1 aromatic rings. The molecule has 1 heterocycles. The van der Waals surface area contributed by atoms with Crippen molar-refractivity contribution in [1.82, 2.24) is 0 Å². The van der Waals surface area contributed by atoms with Crippen molar-refractivity contribution in [1.29, 1.82) is 0 Å². The topological polar surface area (TPSA) is 38.7 Å². The van der Waals surface area contributed by atoms with Crippen molar-refractivity contribution in [2.45, 2.75) is 0 Å². The largest absolute Gasteiger partial charge is 0.406 e. The van der Waals surface area contributed by atoms with Gasteiger partial charge in [-0.1, -0.05) is 17.7 Å². The van der Waals surface area contributed by atoms with Crippen molar-refractivity contribution in [3.05, 3.63) is 34.9 Å². The van der Waals surface area contributed by atoms with Crippen LogP contribution in [0.25, 0.3) is 0 Å². The van der Waals surface area contributed by atoms with E-state index in [-0.39, 0.29) is 12.5 Å². The average molecular weight is 196 g/mol. The molecule has 0 spiro atoms. The Morgan fingerprint density at radius 3 is 2.92 bits per heavy atom. The number of ether oxygens (including phenoxy) is 1. The zero-order valence-electron chi connectivity index (χ0n) is 6.66. The van der Waals surface area contributed by atoms with Gasteiger partial charge in [-0.25, -0.2) is 9.79 Å². The lowest BCUT2D eigenvalue weighted by Crippen LogP contribution is -2.05. The highest BCUT2D eigenvalue weighted by molar-refractivity contribution is 6.31. The number of esters is 1. The average Bonchev–Trinajstić information content (AvgIpc) is 2.52. The van der Waals surface area contributed by atoms with Crippen molar-refractivity contribution in [3.8, 4) is 0 Å². The molecule has 3 nitrogen and oxygen atoms in total. The number of carbonyl (C=O) groups excluding carboxylic acids is 1. The van der Waals surface area contributed by atoms with Crippen molar-refractivity contribution < 1.29 is 9.53 Å². The van der Waals surface area contributed by atoms with Crippen LogP contribution in [0.3, 0.4) is 0 Å². The van der Waals surface area contributed by atoms with Crippen molar-refractivity contribution in [2.75, 3.05) is 6.54 Å². The lowest BCUT2D eigenvalue weighted by atomic mass is 10.2. The SMILES string of the molecule is O=C1CN=C(c2cccc(Cl)c2)O1. The Hall–Kier alpha value is -1.35. The van der Waals surface area contributed by atoms with Gasteiger partial charge in [0.1, 0.15) is 6.54 Å². The van der Waals surface area contributed by atoms with E-state index in [4.69, 9.17) is 16.3 Å². The minimum absolute atomic E-state index is 0.0991. The fourth-order valence-corrected chi connectivity index (χ4v) is 1.27. The molecule has 0 amide bonds. The lowest BCUT2D eigenvalue weighted by Gasteiger charge is -1.99. The monoisotopic (exact) mass is 195 g/mol. The molecule has 1 aliphatic rings. The maximum Gasteiger partial charge on any atom is 0.334 e. The molecular weight excluding hydrogens is 190 g/mol. The second-order valence-electron chi connectivity index (χ2n) is 2.61. The Kier molecular flexibility index (Phi) is 2.02. The number of nitrogens with zero attached hydrogens (tertiary/aromatic N) is 1. The van der Waals surface area contributed by atoms with Crippen LogP contribution in [0.1, 0.15) is 5.56 Å². The molecule has 1 aromatic carbocycles. The number of rotatable bonds is 1. The van der Waals surface area contributed by atoms with Crippen molar-refractivity contribution in [2.24, 2.45) is 4.99 Å². The van der Waals surface area contributed by atoms with Crippen LogP contribution in [-0.2, 0) is 9.53 Å². The standard InChI is InChI=1S/C9H6ClNO2/c10-7-3-1-2-6(4-7)9-11-5-8(12)13-9/h1-4H,5H2. The summed E-state index contributed by atoms with van der Waals surface area (Å²) in [5.41, 5.74) is 0.735. The zero-order chi connectivity index (χ0) is 9.26. The first-order valence-electron chi connectivity index (χ1n) is 3.77. The highest BCUT2D eigenvalue weighted by atomic mass is 35.5. The smallest absolute Gasteiger partial charge is 0.334 e. The first-order valence-corrected chi connectivity index (χ1v) is 4.14. The highest BCUT2D eigenvalue weighted by Gasteiger charge is 2.17. The van der Waals surface area contributed by atoms with Crippen LogP contribution in [0.4, 0.5) is 0 Å². The third-order valence-corrected chi connectivity index (χ3v) is 1.87. The van der Waals surface area contributed by atoms with Gasteiger partial charge in [0, 0.05) is 10.6 Å². The van der Waals surface area contributed by atoms with Crippen LogP contribution in [-0.4, -0.2) is 18.4 Å². The predicted molar refractivity (Wildman–Crippen MR) is 48.9 cm³/mol. The summed E-state index contributed by atoms with van der Waals surface area (Å²) in [4.78, 5) is 14.7. The Morgan fingerprint density at radius 1 is 1.46 bits per heavy atom. The summed E-state index contributed by atoms with van der Waals surface area (Å²) < 4.78 is 4.85. The molecule has 0 bridgehead atoms. The predicted octanol–water partition coefficient (Wildman–Crippen LogP) is 1.64. The normalized spacial score (nSPS) is 15.5. The second kappa shape index (κ2) is 3.18. The Labute approximate surface area is 80.0 Å². The zero-order valence-corrected chi connectivity index (χ0v) is 7.41. The molecule has 0 aliphatic carbocycles. The minimum Gasteiger partial charge on any atom is -0.406 e. The molecule has 0 atom stereocenters. The van der Waals surface area contributed by atoms with E-state index >= 15 is 0 Å². The lowest BCUT2D eigenvalue weighted by molar-refractivity contribution is -0.132. The number of aliphatic imine (C=N–C) groups is 1. The third-order valence-electron chi connectivity index (χ3n) is 1.63. The van der Waals surface area contributed by atoms with E-state index < -0.39 is 0 Å². The number of hydrogen-bond donors (Lipinski definition) is 0. The Balaban J connectivity index is 2.31. The number of carbonyl (C=O) groups is 1. The molecule has 4 heteroatoms. The Morgan fingerprint density at radius 2 is 2.31 bits per heavy atom. The van der Waals surface area contributed by atoms with E-state index in [9.17, 15) is 4.79 Å². The van der Waals surface area contributed by atoms with Crippen molar-refractivity contribution in [3.63, 3.8) is 0 Å². The van der Waals surface area contributed by atoms with Gasteiger partial charge in [0.2, 0.25) is 5.90 Å². The Bertz CT molecular complexity index is 387. The molecule has 2 rings (SSSR count). The summed E-state index contributed by atoms with van der Waals surface area (Å²) in [6, 6.07) is 7.04. The van der Waals surface area contributed by atoms with Gasteiger partial charge in [-0.05, 0) is 18.2 Å². The maximum absolute atomic E-state index is 10.7. The number of benzene rings is 1. The van der Waals surface area contributed by atoms with Gasteiger partial charge >= 0.3 is 5.97 Å². The summed E-state index contributed by atoms with van der Waals surface area (Å²) in [6.07, 6.45) is 0. The van der Waals surface area contributed by atoms with Gasteiger partial charge < -0.3 is 4.74 Å². The number of cyclic esters (lactones) is 1. The van der Waals surface area contributed by atoms with Crippen LogP contribution in [0.15, 0.2) is 29.3 Å². The fraction of sp³-hybridized carbons (Fsp3) is 0.111. The van der Waals surface area contributed by atoms with E-state index in [1.54, 1.807) is 24.3 Å². The van der Waals surface area contributed by atoms with Crippen LogP contribution in [0, 0.1) is 0 Å². The second-order valence-corrected chi connectivity index (χ2v) is 3.04. The van der Waals surface area contributed by atoms with Gasteiger partial charge in [0.15, 0.2) is 0 Å². The molecule has 0 saturated carbocycles. The molecule has 0 unspecified atom stereocenters. The van der Waals surface area contributed by atoms with E-state index in [1.165, 1.54) is 0 Å².